The lowest BCUT2D eigenvalue weighted by atomic mass is 10.1. The highest BCUT2D eigenvalue weighted by Crippen LogP contribution is 2.21. The maximum atomic E-state index is 12.3. The molecule has 1 fully saturated rings. The van der Waals surface area contributed by atoms with Crippen LogP contribution in [0, 0.1) is 0 Å². The molecule has 6 nitrogen and oxygen atoms in total. The minimum Gasteiger partial charge on any atom is -0.380 e. The zero-order valence-corrected chi connectivity index (χ0v) is 10.9. The monoisotopic (exact) mass is 259 g/mol. The summed E-state index contributed by atoms with van der Waals surface area (Å²) >= 11 is 0. The fourth-order valence-corrected chi connectivity index (χ4v) is 3.49. The van der Waals surface area contributed by atoms with Gasteiger partial charge in [0.25, 0.3) is 0 Å². The molecular formula is C10H17N3O3S. The third-order valence-electron chi connectivity index (χ3n) is 2.99. The summed E-state index contributed by atoms with van der Waals surface area (Å²) in [7, 11) is -0.0967. The fourth-order valence-electron chi connectivity index (χ4n) is 2.00. The summed E-state index contributed by atoms with van der Waals surface area (Å²) in [6.45, 7) is 0.977. The van der Waals surface area contributed by atoms with Crippen molar-refractivity contribution in [3.63, 3.8) is 0 Å². The van der Waals surface area contributed by atoms with Crippen molar-refractivity contribution in [3.05, 3.63) is 12.4 Å². The lowest BCUT2D eigenvalue weighted by Crippen LogP contribution is -2.42. The lowest BCUT2D eigenvalue weighted by molar-refractivity contribution is 0.0572. The first kappa shape index (κ1) is 12.5. The summed E-state index contributed by atoms with van der Waals surface area (Å²) in [4.78, 5) is 0.247. The Morgan fingerprint density at radius 1 is 1.53 bits per heavy atom. The number of aryl methyl sites for hydroxylation is 1. The van der Waals surface area contributed by atoms with E-state index in [-0.39, 0.29) is 11.0 Å². The first-order valence-electron chi connectivity index (χ1n) is 5.55. The Morgan fingerprint density at radius 2 is 2.29 bits per heavy atom. The van der Waals surface area contributed by atoms with Crippen LogP contribution in [0.5, 0.6) is 0 Å². The molecule has 96 valence electrons. The number of methoxy groups -OCH3 is 1. The van der Waals surface area contributed by atoms with Gasteiger partial charge in [-0.2, -0.15) is 9.40 Å². The minimum atomic E-state index is -3.41. The Bertz CT molecular complexity index is 483. The molecule has 1 aliphatic rings. The van der Waals surface area contributed by atoms with Gasteiger partial charge in [-0.15, -0.1) is 0 Å². The van der Waals surface area contributed by atoms with Gasteiger partial charge >= 0.3 is 0 Å². The number of rotatable bonds is 3. The predicted octanol–water partition coefficient (Wildman–Crippen LogP) is 0.220. The van der Waals surface area contributed by atoms with E-state index < -0.39 is 10.0 Å². The molecule has 0 spiro atoms. The lowest BCUT2D eigenvalue weighted by Gasteiger charge is -2.30. The van der Waals surface area contributed by atoms with Crippen LogP contribution >= 0.6 is 0 Å². The molecule has 1 saturated heterocycles. The van der Waals surface area contributed by atoms with E-state index in [2.05, 4.69) is 5.10 Å². The van der Waals surface area contributed by atoms with E-state index in [9.17, 15) is 8.42 Å². The van der Waals surface area contributed by atoms with Gasteiger partial charge in [-0.25, -0.2) is 8.42 Å². The van der Waals surface area contributed by atoms with Crippen molar-refractivity contribution in [1.82, 2.24) is 14.1 Å². The van der Waals surface area contributed by atoms with Crippen LogP contribution in [0.2, 0.25) is 0 Å². The number of hydrogen-bond acceptors (Lipinski definition) is 4. The van der Waals surface area contributed by atoms with Crippen LogP contribution < -0.4 is 0 Å². The molecule has 0 saturated carbocycles. The molecule has 0 aliphatic carbocycles. The van der Waals surface area contributed by atoms with Gasteiger partial charge in [0.1, 0.15) is 4.90 Å². The highest BCUT2D eigenvalue weighted by Gasteiger charge is 2.30. The molecule has 1 aromatic heterocycles. The molecule has 2 rings (SSSR count). The van der Waals surface area contributed by atoms with Crippen molar-refractivity contribution in [2.45, 2.75) is 23.8 Å². The van der Waals surface area contributed by atoms with Crippen molar-refractivity contribution in [3.8, 4) is 0 Å². The molecule has 0 N–H and O–H groups in total. The largest absolute Gasteiger partial charge is 0.380 e. The van der Waals surface area contributed by atoms with Crippen molar-refractivity contribution >= 4 is 10.0 Å². The minimum absolute atomic E-state index is 0.00445. The first-order chi connectivity index (χ1) is 8.04. The number of aromatic nitrogens is 2. The van der Waals surface area contributed by atoms with Gasteiger partial charge < -0.3 is 4.74 Å². The quantitative estimate of drug-likeness (QED) is 0.779. The third-order valence-corrected chi connectivity index (χ3v) is 4.81. The van der Waals surface area contributed by atoms with Crippen LogP contribution in [0.1, 0.15) is 12.8 Å². The molecule has 0 bridgehead atoms. The zero-order valence-electron chi connectivity index (χ0n) is 10.0. The first-order valence-corrected chi connectivity index (χ1v) is 6.99. The molecule has 1 aromatic rings. The smallest absolute Gasteiger partial charge is 0.246 e. The van der Waals surface area contributed by atoms with Crippen LogP contribution in [0.15, 0.2) is 17.3 Å². The van der Waals surface area contributed by atoms with Gasteiger partial charge in [0.05, 0.1) is 12.3 Å². The Hall–Kier alpha value is -0.920. The van der Waals surface area contributed by atoms with Crippen molar-refractivity contribution in [2.75, 3.05) is 20.2 Å². The maximum Gasteiger partial charge on any atom is 0.246 e. The van der Waals surface area contributed by atoms with E-state index in [1.165, 1.54) is 21.4 Å². The van der Waals surface area contributed by atoms with Crippen LogP contribution in [-0.4, -0.2) is 48.8 Å². The van der Waals surface area contributed by atoms with Gasteiger partial charge in [-0.1, -0.05) is 0 Å². The average Bonchev–Trinajstić information content (AvgIpc) is 2.76. The Balaban J connectivity index is 2.21. The third kappa shape index (κ3) is 2.51. The number of sulfonamides is 1. The van der Waals surface area contributed by atoms with Gasteiger partial charge in [-0.3, -0.25) is 4.68 Å². The molecular weight excluding hydrogens is 242 g/mol. The average molecular weight is 259 g/mol. The molecule has 1 atom stereocenters. The molecule has 0 radical (unpaired) electrons. The molecule has 7 heteroatoms. The van der Waals surface area contributed by atoms with Gasteiger partial charge in [0.2, 0.25) is 10.0 Å². The van der Waals surface area contributed by atoms with E-state index in [1.807, 2.05) is 0 Å². The number of nitrogens with zero attached hydrogens (tertiary/aromatic N) is 3. The van der Waals surface area contributed by atoms with Gasteiger partial charge in [0, 0.05) is 33.4 Å². The van der Waals surface area contributed by atoms with E-state index >= 15 is 0 Å². The molecule has 2 heterocycles. The zero-order chi connectivity index (χ0) is 12.5. The number of hydrogen-bond donors (Lipinski definition) is 0. The fraction of sp³-hybridized carbons (Fsp3) is 0.700. The number of ether oxygens (including phenoxy) is 1. The van der Waals surface area contributed by atoms with Gasteiger partial charge in [-0.05, 0) is 12.8 Å². The molecule has 1 aliphatic heterocycles. The van der Waals surface area contributed by atoms with Crippen LogP contribution in [0.25, 0.3) is 0 Å². The molecule has 17 heavy (non-hydrogen) atoms. The summed E-state index contributed by atoms with van der Waals surface area (Å²) in [5, 5.41) is 3.90. The highest BCUT2D eigenvalue weighted by atomic mass is 32.2. The second-order valence-corrected chi connectivity index (χ2v) is 6.15. The van der Waals surface area contributed by atoms with Gasteiger partial charge in [0.15, 0.2) is 0 Å². The summed E-state index contributed by atoms with van der Waals surface area (Å²) in [6, 6.07) is 0. The predicted molar refractivity (Wildman–Crippen MR) is 62.0 cm³/mol. The summed E-state index contributed by atoms with van der Waals surface area (Å²) < 4.78 is 32.8. The highest BCUT2D eigenvalue weighted by molar-refractivity contribution is 7.89. The number of piperidine rings is 1. The summed E-state index contributed by atoms with van der Waals surface area (Å²) in [5.74, 6) is 0. The van der Waals surface area contributed by atoms with Crippen LogP contribution in [0.3, 0.4) is 0 Å². The normalized spacial score (nSPS) is 22.8. The van der Waals surface area contributed by atoms with Crippen LogP contribution in [-0.2, 0) is 21.8 Å². The second-order valence-electron chi connectivity index (χ2n) is 4.21. The maximum absolute atomic E-state index is 12.3. The molecule has 1 unspecified atom stereocenters. The SMILES string of the molecule is COC1CCCN(S(=O)(=O)c2cnn(C)c2)C1. The van der Waals surface area contributed by atoms with Crippen molar-refractivity contribution < 1.29 is 13.2 Å². The Kier molecular flexibility index (Phi) is 3.50. The molecule has 0 aromatic carbocycles. The van der Waals surface area contributed by atoms with Crippen molar-refractivity contribution in [1.29, 1.82) is 0 Å². The van der Waals surface area contributed by atoms with E-state index in [0.717, 1.165) is 12.8 Å². The van der Waals surface area contributed by atoms with E-state index in [4.69, 9.17) is 4.74 Å². The summed E-state index contributed by atoms with van der Waals surface area (Å²) in [5.41, 5.74) is 0. The Labute approximate surface area is 101 Å². The topological polar surface area (TPSA) is 64.4 Å². The second kappa shape index (κ2) is 4.75. The molecule has 0 amide bonds. The Morgan fingerprint density at radius 3 is 2.88 bits per heavy atom. The van der Waals surface area contributed by atoms with Crippen LogP contribution in [0.4, 0.5) is 0 Å². The van der Waals surface area contributed by atoms with Crippen molar-refractivity contribution in [2.24, 2.45) is 7.05 Å². The van der Waals surface area contributed by atoms with E-state index in [1.54, 1.807) is 14.2 Å². The summed E-state index contributed by atoms with van der Waals surface area (Å²) in [6.07, 6.45) is 4.64. The standard InChI is InChI=1S/C10H17N3O3S/c1-12-8-10(6-11-12)17(14,15)13-5-3-4-9(7-13)16-2/h6,8-9H,3-5,7H2,1-2H3. The van der Waals surface area contributed by atoms with E-state index in [0.29, 0.717) is 13.1 Å².